The van der Waals surface area contributed by atoms with Crippen LogP contribution in [-0.4, -0.2) is 27.4 Å². The average molecular weight is 363 g/mol. The molecule has 1 fully saturated rings. The van der Waals surface area contributed by atoms with E-state index in [2.05, 4.69) is 21.6 Å². The normalized spacial score (nSPS) is 15.8. The highest BCUT2D eigenvalue weighted by Crippen LogP contribution is 2.29. The summed E-state index contributed by atoms with van der Waals surface area (Å²) in [5.74, 6) is 0.274. The first kappa shape index (κ1) is 16.8. The van der Waals surface area contributed by atoms with Gasteiger partial charge in [0.25, 0.3) is 5.22 Å². The number of amides is 1. The summed E-state index contributed by atoms with van der Waals surface area (Å²) in [6.07, 6.45) is 3.35. The lowest BCUT2D eigenvalue weighted by Crippen LogP contribution is -2.45. The van der Waals surface area contributed by atoms with Gasteiger partial charge in [0.05, 0.1) is 11.8 Å². The SMILES string of the molecule is N#CC1(NC(=O)CSc2nnc(-c3cccc(Cl)c3)o2)CCCC1. The highest BCUT2D eigenvalue weighted by Gasteiger charge is 2.35. The Morgan fingerprint density at radius 1 is 1.42 bits per heavy atom. The molecule has 2 aromatic rings. The van der Waals surface area contributed by atoms with Crippen molar-refractivity contribution in [3.63, 3.8) is 0 Å². The number of thioether (sulfide) groups is 1. The molecule has 6 nitrogen and oxygen atoms in total. The van der Waals surface area contributed by atoms with E-state index < -0.39 is 5.54 Å². The van der Waals surface area contributed by atoms with E-state index in [0.717, 1.165) is 30.2 Å². The molecule has 1 aromatic carbocycles. The van der Waals surface area contributed by atoms with Crippen molar-refractivity contribution in [2.75, 3.05) is 5.75 Å². The maximum absolute atomic E-state index is 12.1. The van der Waals surface area contributed by atoms with Crippen molar-refractivity contribution < 1.29 is 9.21 Å². The summed E-state index contributed by atoms with van der Waals surface area (Å²) in [6.45, 7) is 0. The number of nitrogens with one attached hydrogen (secondary N) is 1. The molecule has 1 amide bonds. The first-order chi connectivity index (χ1) is 11.6. The van der Waals surface area contributed by atoms with Gasteiger partial charge in [0.1, 0.15) is 5.54 Å². The number of hydrogen-bond donors (Lipinski definition) is 1. The minimum atomic E-state index is -0.710. The zero-order chi connectivity index (χ0) is 17.0. The van der Waals surface area contributed by atoms with Crippen molar-refractivity contribution in [1.29, 1.82) is 5.26 Å². The van der Waals surface area contributed by atoms with Gasteiger partial charge in [0, 0.05) is 10.6 Å². The van der Waals surface area contributed by atoms with Gasteiger partial charge >= 0.3 is 0 Å². The molecule has 24 heavy (non-hydrogen) atoms. The van der Waals surface area contributed by atoms with Gasteiger partial charge in [-0.2, -0.15) is 5.26 Å². The summed E-state index contributed by atoms with van der Waals surface area (Å²) in [5.41, 5.74) is 0.0130. The third-order valence-corrected chi connectivity index (χ3v) is 4.91. The van der Waals surface area contributed by atoms with Gasteiger partial charge in [0.2, 0.25) is 11.8 Å². The fourth-order valence-electron chi connectivity index (χ4n) is 2.68. The van der Waals surface area contributed by atoms with Crippen molar-refractivity contribution >= 4 is 29.3 Å². The number of aromatic nitrogens is 2. The van der Waals surface area contributed by atoms with Crippen LogP contribution in [0.5, 0.6) is 0 Å². The zero-order valence-electron chi connectivity index (χ0n) is 12.8. The molecular weight excluding hydrogens is 348 g/mol. The number of benzene rings is 1. The third kappa shape index (κ3) is 3.89. The standard InChI is InChI=1S/C16H15ClN4O2S/c17-12-5-3-4-11(8-12)14-20-21-15(23-14)24-9-13(22)19-16(10-18)6-1-2-7-16/h3-5,8H,1-2,6-7,9H2,(H,19,22). The van der Waals surface area contributed by atoms with Gasteiger partial charge in [-0.1, -0.05) is 29.4 Å². The Hall–Kier alpha value is -2.04. The largest absolute Gasteiger partial charge is 0.411 e. The van der Waals surface area contributed by atoms with Crippen LogP contribution in [0.2, 0.25) is 5.02 Å². The van der Waals surface area contributed by atoms with E-state index >= 15 is 0 Å². The molecule has 0 saturated heterocycles. The van der Waals surface area contributed by atoms with Gasteiger partial charge in [-0.15, -0.1) is 10.2 Å². The fraction of sp³-hybridized carbons (Fsp3) is 0.375. The van der Waals surface area contributed by atoms with Crippen LogP contribution in [0.15, 0.2) is 33.9 Å². The molecule has 0 bridgehead atoms. The maximum atomic E-state index is 12.1. The second-order valence-corrected chi connectivity index (χ2v) is 6.98. The molecule has 124 valence electrons. The molecule has 1 N–H and O–H groups in total. The molecule has 0 unspecified atom stereocenters. The molecule has 3 rings (SSSR count). The van der Waals surface area contributed by atoms with Crippen LogP contribution < -0.4 is 5.32 Å². The predicted molar refractivity (Wildman–Crippen MR) is 90.4 cm³/mol. The number of hydrogen-bond acceptors (Lipinski definition) is 6. The number of carbonyl (C=O) groups is 1. The lowest BCUT2D eigenvalue weighted by atomic mass is 10.0. The van der Waals surface area contributed by atoms with Crippen LogP contribution in [-0.2, 0) is 4.79 Å². The molecule has 1 saturated carbocycles. The number of halogens is 1. The van der Waals surface area contributed by atoms with Crippen LogP contribution in [0.25, 0.3) is 11.5 Å². The first-order valence-corrected chi connectivity index (χ1v) is 8.91. The lowest BCUT2D eigenvalue weighted by Gasteiger charge is -2.21. The second kappa shape index (κ2) is 7.24. The summed E-state index contributed by atoms with van der Waals surface area (Å²) < 4.78 is 5.53. The number of rotatable bonds is 5. The van der Waals surface area contributed by atoms with Crippen molar-refractivity contribution in [3.8, 4) is 17.5 Å². The van der Waals surface area contributed by atoms with Crippen molar-refractivity contribution in [2.45, 2.75) is 36.4 Å². The van der Waals surface area contributed by atoms with Gasteiger partial charge in [-0.3, -0.25) is 4.79 Å². The van der Waals surface area contributed by atoms with E-state index in [4.69, 9.17) is 16.0 Å². The van der Waals surface area contributed by atoms with Gasteiger partial charge in [-0.05, 0) is 43.9 Å². The summed E-state index contributed by atoms with van der Waals surface area (Å²) in [6, 6.07) is 9.33. The Bertz CT molecular complexity index is 780. The Kier molecular flexibility index (Phi) is 5.07. The Morgan fingerprint density at radius 3 is 2.92 bits per heavy atom. The molecule has 1 aliphatic carbocycles. The Balaban J connectivity index is 1.57. The summed E-state index contributed by atoms with van der Waals surface area (Å²) in [5, 5.41) is 20.9. The highest BCUT2D eigenvalue weighted by molar-refractivity contribution is 7.99. The number of nitriles is 1. The van der Waals surface area contributed by atoms with Crippen molar-refractivity contribution in [2.24, 2.45) is 0 Å². The Labute approximate surface area is 148 Å². The third-order valence-electron chi connectivity index (χ3n) is 3.85. The van der Waals surface area contributed by atoms with Crippen molar-refractivity contribution in [3.05, 3.63) is 29.3 Å². The minimum absolute atomic E-state index is 0.126. The van der Waals surface area contributed by atoms with Crippen LogP contribution in [0.3, 0.4) is 0 Å². The molecule has 1 aliphatic rings. The highest BCUT2D eigenvalue weighted by atomic mass is 35.5. The lowest BCUT2D eigenvalue weighted by molar-refractivity contribution is -0.119. The van der Waals surface area contributed by atoms with E-state index in [1.165, 1.54) is 0 Å². The van der Waals surface area contributed by atoms with Gasteiger partial charge in [-0.25, -0.2) is 0 Å². The monoisotopic (exact) mass is 362 g/mol. The molecular formula is C16H15ClN4O2S. The molecule has 0 spiro atoms. The van der Waals surface area contributed by atoms with Crippen LogP contribution in [0, 0.1) is 11.3 Å². The van der Waals surface area contributed by atoms with E-state index in [0.29, 0.717) is 29.0 Å². The molecule has 8 heteroatoms. The van der Waals surface area contributed by atoms with E-state index in [9.17, 15) is 10.1 Å². The smallest absolute Gasteiger partial charge is 0.277 e. The summed E-state index contributed by atoms with van der Waals surface area (Å²) in [4.78, 5) is 12.1. The summed E-state index contributed by atoms with van der Waals surface area (Å²) >= 11 is 7.08. The average Bonchev–Trinajstić information content (AvgIpc) is 3.23. The van der Waals surface area contributed by atoms with E-state index in [1.807, 2.05) is 6.07 Å². The van der Waals surface area contributed by atoms with Crippen LogP contribution in [0.1, 0.15) is 25.7 Å². The van der Waals surface area contributed by atoms with Crippen molar-refractivity contribution in [1.82, 2.24) is 15.5 Å². The molecule has 1 aromatic heterocycles. The zero-order valence-corrected chi connectivity index (χ0v) is 14.4. The van der Waals surface area contributed by atoms with E-state index in [1.54, 1.807) is 18.2 Å². The molecule has 0 aliphatic heterocycles. The second-order valence-electron chi connectivity index (χ2n) is 5.62. The van der Waals surface area contributed by atoms with Crippen LogP contribution in [0.4, 0.5) is 0 Å². The minimum Gasteiger partial charge on any atom is -0.411 e. The quantitative estimate of drug-likeness (QED) is 0.819. The summed E-state index contributed by atoms with van der Waals surface area (Å²) in [7, 11) is 0. The fourth-order valence-corrected chi connectivity index (χ4v) is 3.43. The number of carbonyl (C=O) groups excluding carboxylic acids is 1. The Morgan fingerprint density at radius 2 is 2.21 bits per heavy atom. The van der Waals surface area contributed by atoms with Crippen LogP contribution >= 0.6 is 23.4 Å². The molecule has 0 atom stereocenters. The maximum Gasteiger partial charge on any atom is 0.277 e. The molecule has 0 radical (unpaired) electrons. The first-order valence-electron chi connectivity index (χ1n) is 7.55. The van der Waals surface area contributed by atoms with Gasteiger partial charge in [0.15, 0.2) is 0 Å². The molecule has 1 heterocycles. The van der Waals surface area contributed by atoms with E-state index in [-0.39, 0.29) is 11.7 Å². The van der Waals surface area contributed by atoms with Gasteiger partial charge < -0.3 is 9.73 Å². The topological polar surface area (TPSA) is 91.8 Å². The number of nitrogens with zero attached hydrogens (tertiary/aromatic N) is 3. The predicted octanol–water partition coefficient (Wildman–Crippen LogP) is 3.43.